The number of fused-ring (bicyclic) bond motifs is 1. The van der Waals surface area contributed by atoms with Gasteiger partial charge >= 0.3 is 0 Å². The first-order valence-corrected chi connectivity index (χ1v) is 12.7. The predicted octanol–water partition coefficient (Wildman–Crippen LogP) is 2.91. The number of aliphatic hydroxyl groups excluding tert-OH is 1. The van der Waals surface area contributed by atoms with E-state index in [2.05, 4.69) is 10.6 Å². The molecule has 2 unspecified atom stereocenters. The van der Waals surface area contributed by atoms with Gasteiger partial charge in [0.25, 0.3) is 0 Å². The lowest BCUT2D eigenvalue weighted by molar-refractivity contribution is -0.143. The van der Waals surface area contributed by atoms with E-state index in [1.807, 2.05) is 20.8 Å². The predicted molar refractivity (Wildman–Crippen MR) is 130 cm³/mol. The molecule has 33 heavy (non-hydrogen) atoms. The molecule has 9 heteroatoms. The number of carbonyl (C=O) groups is 3. The molecular formula is C24H32ClN3O4S. The van der Waals surface area contributed by atoms with Gasteiger partial charge in [-0.2, -0.15) is 0 Å². The summed E-state index contributed by atoms with van der Waals surface area (Å²) >= 11 is 7.91. The van der Waals surface area contributed by atoms with Crippen LogP contribution in [0.25, 0.3) is 0 Å². The summed E-state index contributed by atoms with van der Waals surface area (Å²) in [7, 11) is 1.59. The smallest absolute Gasteiger partial charge is 0.248 e. The highest BCUT2D eigenvalue weighted by atomic mass is 35.5. The van der Waals surface area contributed by atoms with Gasteiger partial charge < -0.3 is 20.6 Å². The molecule has 3 aliphatic heterocycles. The molecule has 2 bridgehead atoms. The number of nitrogens with zero attached hydrogens (tertiary/aromatic N) is 1. The second kappa shape index (κ2) is 8.78. The summed E-state index contributed by atoms with van der Waals surface area (Å²) < 4.78 is -1.14. The second-order valence-corrected chi connectivity index (χ2v) is 12.0. The summed E-state index contributed by atoms with van der Waals surface area (Å²) in [5, 5.41) is 16.4. The molecule has 1 spiro atoms. The number of carbonyl (C=O) groups excluding carboxylic acids is 3. The van der Waals surface area contributed by atoms with E-state index in [1.54, 1.807) is 48.0 Å². The maximum absolute atomic E-state index is 14.0. The first kappa shape index (κ1) is 24.4. The molecule has 3 amide bonds. The number of anilines is 1. The third-order valence-electron chi connectivity index (χ3n) is 7.97. The largest absolute Gasteiger partial charge is 0.394 e. The Morgan fingerprint density at radius 1 is 1.30 bits per heavy atom. The number of thioether (sulfide) groups is 1. The zero-order valence-corrected chi connectivity index (χ0v) is 21.0. The first-order chi connectivity index (χ1) is 15.6. The number of aliphatic hydroxyl groups is 1. The average Bonchev–Trinajstić information content (AvgIpc) is 3.36. The van der Waals surface area contributed by atoms with Gasteiger partial charge in [-0.05, 0) is 37.8 Å². The number of nitrogens with one attached hydrogen (secondary N) is 2. The molecule has 0 radical (unpaired) electrons. The molecule has 3 fully saturated rings. The Hall–Kier alpha value is -1.77. The number of para-hydroxylation sites is 1. The van der Waals surface area contributed by atoms with Crippen LogP contribution >= 0.6 is 23.4 Å². The molecule has 3 heterocycles. The monoisotopic (exact) mass is 493 g/mol. The third-order valence-corrected chi connectivity index (χ3v) is 10.3. The van der Waals surface area contributed by atoms with E-state index in [0.29, 0.717) is 17.1 Å². The van der Waals surface area contributed by atoms with Crippen LogP contribution in [0.15, 0.2) is 24.3 Å². The molecule has 0 aliphatic carbocycles. The van der Waals surface area contributed by atoms with Crippen molar-refractivity contribution in [3.05, 3.63) is 29.3 Å². The third kappa shape index (κ3) is 3.56. The number of hydrogen-bond donors (Lipinski definition) is 3. The number of benzene rings is 1. The van der Waals surface area contributed by atoms with E-state index in [0.717, 1.165) is 12.8 Å². The van der Waals surface area contributed by atoms with Gasteiger partial charge in [-0.15, -0.1) is 11.8 Å². The summed E-state index contributed by atoms with van der Waals surface area (Å²) in [6.45, 7) is 5.76. The lowest BCUT2D eigenvalue weighted by Gasteiger charge is -2.39. The van der Waals surface area contributed by atoms with Crippen LogP contribution in [0.2, 0.25) is 5.02 Å². The fourth-order valence-electron chi connectivity index (χ4n) is 6.15. The molecular weight excluding hydrogens is 462 g/mol. The first-order valence-electron chi connectivity index (χ1n) is 11.5. The number of likely N-dealkylation sites (tertiary alicyclic amines) is 1. The number of hydrogen-bond acceptors (Lipinski definition) is 5. The van der Waals surface area contributed by atoms with Gasteiger partial charge in [0, 0.05) is 11.8 Å². The van der Waals surface area contributed by atoms with Crippen molar-refractivity contribution >= 4 is 46.8 Å². The lowest BCUT2D eigenvalue weighted by atomic mass is 9.66. The van der Waals surface area contributed by atoms with Gasteiger partial charge in [-0.3, -0.25) is 14.4 Å². The van der Waals surface area contributed by atoms with E-state index in [4.69, 9.17) is 11.6 Å². The van der Waals surface area contributed by atoms with Crippen LogP contribution in [0.5, 0.6) is 0 Å². The van der Waals surface area contributed by atoms with Crippen molar-refractivity contribution in [1.29, 1.82) is 0 Å². The van der Waals surface area contributed by atoms with Crippen LogP contribution in [0, 0.1) is 17.8 Å². The minimum atomic E-state index is -0.807. The van der Waals surface area contributed by atoms with E-state index in [-0.39, 0.29) is 30.2 Å². The molecule has 7 nitrogen and oxygen atoms in total. The molecule has 1 aromatic carbocycles. The van der Waals surface area contributed by atoms with Crippen LogP contribution in [-0.4, -0.2) is 63.0 Å². The summed E-state index contributed by atoms with van der Waals surface area (Å²) in [6, 6.07) is 5.67. The highest BCUT2D eigenvalue weighted by Crippen LogP contribution is 2.71. The summed E-state index contributed by atoms with van der Waals surface area (Å²) in [4.78, 5) is 42.5. The Morgan fingerprint density at radius 2 is 2.00 bits per heavy atom. The Balaban J connectivity index is 1.81. The van der Waals surface area contributed by atoms with Gasteiger partial charge in [-0.1, -0.05) is 44.0 Å². The summed E-state index contributed by atoms with van der Waals surface area (Å²) in [5.74, 6) is -1.85. The Kier molecular flexibility index (Phi) is 6.48. The normalized spacial score (nSPS) is 34.2. The van der Waals surface area contributed by atoms with Gasteiger partial charge in [0.2, 0.25) is 17.7 Å². The fraction of sp³-hybridized carbons (Fsp3) is 0.625. The molecule has 3 N–H and O–H groups in total. The fourth-order valence-corrected chi connectivity index (χ4v) is 8.68. The van der Waals surface area contributed by atoms with Gasteiger partial charge in [0.15, 0.2) is 0 Å². The SMILES string of the molecule is CC[C@H](C)[C@H](CO)N1C(=O)[C@@H]2[C@H](C(=O)NC)[C@]3(C)CCC2(S3)C1C(=O)Nc1ccccc1Cl. The molecule has 3 saturated heterocycles. The molecule has 1 aromatic rings. The van der Waals surface area contributed by atoms with Gasteiger partial charge in [-0.25, -0.2) is 0 Å². The molecule has 0 saturated carbocycles. The highest BCUT2D eigenvalue weighted by molar-refractivity contribution is 8.02. The summed E-state index contributed by atoms with van der Waals surface area (Å²) in [5.41, 5.74) is 0.479. The van der Waals surface area contributed by atoms with Crippen molar-refractivity contribution in [3.63, 3.8) is 0 Å². The van der Waals surface area contributed by atoms with E-state index < -0.39 is 33.4 Å². The zero-order chi connectivity index (χ0) is 24.1. The molecule has 4 rings (SSSR count). The highest BCUT2D eigenvalue weighted by Gasteiger charge is 2.77. The second-order valence-electron chi connectivity index (χ2n) is 9.69. The van der Waals surface area contributed by atoms with Crippen LogP contribution in [-0.2, 0) is 14.4 Å². The van der Waals surface area contributed by atoms with Gasteiger partial charge in [0.1, 0.15) is 6.04 Å². The standard InChI is InChI=1S/C24H32ClN3O4S/c1-5-13(2)16(12-29)28-19(21(31)27-15-9-7-6-8-14(15)25)24-11-10-23(3,33-24)17(20(30)26-4)18(24)22(28)32/h6-9,13,16-19,29H,5,10-12H2,1-4H3,(H,26,30)(H,27,31)/t13-,16-,17+,18-,19?,23-,24?/m0/s1. The van der Waals surface area contributed by atoms with Crippen LogP contribution in [0.3, 0.4) is 0 Å². The van der Waals surface area contributed by atoms with Crippen LogP contribution in [0.4, 0.5) is 5.69 Å². The molecule has 0 aromatic heterocycles. The number of halogens is 1. The van der Waals surface area contributed by atoms with Crippen molar-refractivity contribution in [2.45, 2.75) is 61.6 Å². The summed E-state index contributed by atoms with van der Waals surface area (Å²) in [6.07, 6.45) is 2.15. The lowest BCUT2D eigenvalue weighted by Crippen LogP contribution is -2.56. The van der Waals surface area contributed by atoms with Crippen molar-refractivity contribution in [1.82, 2.24) is 10.2 Å². The Labute approximate surface area is 204 Å². The molecule has 3 aliphatic rings. The van der Waals surface area contributed by atoms with Crippen molar-refractivity contribution in [2.75, 3.05) is 19.0 Å². The zero-order valence-electron chi connectivity index (χ0n) is 19.4. The minimum absolute atomic E-state index is 0.0129. The van der Waals surface area contributed by atoms with Crippen molar-refractivity contribution in [3.8, 4) is 0 Å². The van der Waals surface area contributed by atoms with E-state index in [9.17, 15) is 19.5 Å². The topological polar surface area (TPSA) is 98.7 Å². The molecule has 180 valence electrons. The average molecular weight is 494 g/mol. The van der Waals surface area contributed by atoms with Crippen LogP contribution < -0.4 is 10.6 Å². The number of amides is 3. The maximum Gasteiger partial charge on any atom is 0.248 e. The van der Waals surface area contributed by atoms with Gasteiger partial charge in [0.05, 0.1) is 39.9 Å². The van der Waals surface area contributed by atoms with Crippen LogP contribution in [0.1, 0.15) is 40.0 Å². The Morgan fingerprint density at radius 3 is 2.61 bits per heavy atom. The molecule has 7 atom stereocenters. The maximum atomic E-state index is 14.0. The number of rotatable bonds is 7. The Bertz CT molecular complexity index is 977. The minimum Gasteiger partial charge on any atom is -0.394 e. The van der Waals surface area contributed by atoms with Crippen molar-refractivity contribution in [2.24, 2.45) is 17.8 Å². The van der Waals surface area contributed by atoms with E-state index >= 15 is 0 Å². The van der Waals surface area contributed by atoms with Crippen molar-refractivity contribution < 1.29 is 19.5 Å². The quantitative estimate of drug-likeness (QED) is 0.542. The van der Waals surface area contributed by atoms with E-state index in [1.165, 1.54) is 0 Å².